The Labute approximate surface area is 123 Å². The Bertz CT molecular complexity index is 569. The van der Waals surface area contributed by atoms with Crippen LogP contribution in [-0.4, -0.2) is 20.1 Å². The van der Waals surface area contributed by atoms with Crippen LogP contribution in [0.3, 0.4) is 0 Å². The van der Waals surface area contributed by atoms with Gasteiger partial charge in [-0.15, -0.1) is 5.10 Å². The molecule has 0 unspecified atom stereocenters. The van der Waals surface area contributed by atoms with Crippen LogP contribution >= 0.6 is 11.6 Å². The molecule has 0 amide bonds. The summed E-state index contributed by atoms with van der Waals surface area (Å²) in [6.07, 6.45) is 0. The second-order valence-corrected chi connectivity index (χ2v) is 5.34. The molecular formula is C14H18ClN3O2. The zero-order valence-electron chi connectivity index (χ0n) is 11.6. The van der Waals surface area contributed by atoms with Crippen molar-refractivity contribution in [2.75, 3.05) is 0 Å². The lowest BCUT2D eigenvalue weighted by molar-refractivity contribution is 0.260. The maximum atomic E-state index is 9.32. The number of aromatic nitrogens is 3. The van der Waals surface area contributed by atoms with Crippen LogP contribution in [0.2, 0.25) is 5.02 Å². The number of hydrogen-bond donors (Lipinski definition) is 1. The number of para-hydroxylation sites is 1. The fourth-order valence-corrected chi connectivity index (χ4v) is 2.04. The van der Waals surface area contributed by atoms with E-state index in [1.165, 1.54) is 0 Å². The van der Waals surface area contributed by atoms with Crippen LogP contribution in [-0.2, 0) is 19.8 Å². The van der Waals surface area contributed by atoms with Crippen LogP contribution < -0.4 is 4.74 Å². The summed E-state index contributed by atoms with van der Waals surface area (Å²) in [7, 11) is 0. The molecule has 2 aromatic rings. The number of aliphatic hydroxyl groups is 1. The van der Waals surface area contributed by atoms with Gasteiger partial charge in [0.05, 0.1) is 11.6 Å². The Morgan fingerprint density at radius 3 is 2.75 bits per heavy atom. The predicted molar refractivity (Wildman–Crippen MR) is 76.6 cm³/mol. The number of aliphatic hydroxyl groups excluding tert-OH is 1. The molecule has 1 aromatic carbocycles. The average Bonchev–Trinajstić information content (AvgIpc) is 2.79. The first kappa shape index (κ1) is 14.8. The third kappa shape index (κ3) is 3.49. The Hall–Kier alpha value is -1.59. The van der Waals surface area contributed by atoms with E-state index in [-0.39, 0.29) is 13.2 Å². The van der Waals surface area contributed by atoms with Gasteiger partial charge in [-0.25, -0.2) is 4.68 Å². The second-order valence-electron chi connectivity index (χ2n) is 4.94. The minimum Gasteiger partial charge on any atom is -0.486 e. The van der Waals surface area contributed by atoms with E-state index in [0.29, 0.717) is 22.4 Å². The molecule has 0 spiro atoms. The van der Waals surface area contributed by atoms with E-state index < -0.39 is 0 Å². The average molecular weight is 296 g/mol. The van der Waals surface area contributed by atoms with E-state index in [0.717, 1.165) is 12.2 Å². The molecule has 5 nitrogen and oxygen atoms in total. The van der Waals surface area contributed by atoms with Gasteiger partial charge in [0.2, 0.25) is 0 Å². The van der Waals surface area contributed by atoms with Crippen LogP contribution in [0.1, 0.15) is 25.2 Å². The van der Waals surface area contributed by atoms with Crippen LogP contribution in [0.15, 0.2) is 24.3 Å². The molecule has 0 aliphatic heterocycles. The molecule has 0 saturated heterocycles. The second kappa shape index (κ2) is 6.72. The predicted octanol–water partition coefficient (Wildman–Crippen LogP) is 2.66. The van der Waals surface area contributed by atoms with Crippen molar-refractivity contribution in [3.8, 4) is 5.75 Å². The molecule has 0 bridgehead atoms. The molecule has 6 heteroatoms. The number of benzene rings is 1. The quantitative estimate of drug-likeness (QED) is 0.890. The molecule has 0 aliphatic rings. The molecule has 0 radical (unpaired) electrons. The van der Waals surface area contributed by atoms with Crippen LogP contribution in [0.4, 0.5) is 0 Å². The smallest absolute Gasteiger partial charge is 0.138 e. The van der Waals surface area contributed by atoms with Crippen LogP contribution in [0, 0.1) is 5.92 Å². The van der Waals surface area contributed by atoms with Gasteiger partial charge in [0.1, 0.15) is 23.7 Å². The number of ether oxygens (including phenoxy) is 1. The lowest BCUT2D eigenvalue weighted by Gasteiger charge is -2.11. The van der Waals surface area contributed by atoms with Crippen molar-refractivity contribution in [2.24, 2.45) is 5.92 Å². The van der Waals surface area contributed by atoms with Gasteiger partial charge in [0, 0.05) is 6.54 Å². The molecule has 1 aromatic heterocycles. The number of halogens is 1. The normalized spacial score (nSPS) is 11.1. The van der Waals surface area contributed by atoms with E-state index in [2.05, 4.69) is 24.2 Å². The highest BCUT2D eigenvalue weighted by Gasteiger charge is 2.14. The molecule has 108 valence electrons. The maximum absolute atomic E-state index is 9.32. The Balaban J connectivity index is 2.15. The first-order valence-corrected chi connectivity index (χ1v) is 6.89. The van der Waals surface area contributed by atoms with Gasteiger partial charge >= 0.3 is 0 Å². The van der Waals surface area contributed by atoms with Gasteiger partial charge in [-0.05, 0) is 18.1 Å². The summed E-state index contributed by atoms with van der Waals surface area (Å²) in [6.45, 7) is 5.05. The summed E-state index contributed by atoms with van der Waals surface area (Å²) in [5, 5.41) is 17.9. The molecule has 0 aliphatic carbocycles. The van der Waals surface area contributed by atoms with Crippen molar-refractivity contribution in [2.45, 2.75) is 33.6 Å². The van der Waals surface area contributed by atoms with E-state index >= 15 is 0 Å². The molecule has 0 saturated carbocycles. The lowest BCUT2D eigenvalue weighted by atomic mass is 10.2. The van der Waals surface area contributed by atoms with Crippen molar-refractivity contribution >= 4 is 11.6 Å². The Morgan fingerprint density at radius 2 is 2.10 bits per heavy atom. The fraction of sp³-hybridized carbons (Fsp3) is 0.429. The molecule has 1 N–H and O–H groups in total. The van der Waals surface area contributed by atoms with Crippen LogP contribution in [0.25, 0.3) is 0 Å². The zero-order valence-corrected chi connectivity index (χ0v) is 12.3. The van der Waals surface area contributed by atoms with Crippen molar-refractivity contribution in [3.63, 3.8) is 0 Å². The standard InChI is InChI=1S/C14H18ClN3O2/c1-10(2)7-18-13(12(8-19)16-17-18)9-20-14-6-4-3-5-11(14)15/h3-6,10,19H,7-9H2,1-2H3. The highest BCUT2D eigenvalue weighted by molar-refractivity contribution is 6.32. The summed E-state index contributed by atoms with van der Waals surface area (Å²) in [5.41, 5.74) is 1.32. The molecule has 20 heavy (non-hydrogen) atoms. The van der Waals surface area contributed by atoms with Gasteiger partial charge in [-0.2, -0.15) is 0 Å². The number of hydrogen-bond acceptors (Lipinski definition) is 4. The third-order valence-corrected chi connectivity index (χ3v) is 3.12. The largest absolute Gasteiger partial charge is 0.486 e. The summed E-state index contributed by atoms with van der Waals surface area (Å²) in [6, 6.07) is 7.28. The minimum absolute atomic E-state index is 0.153. The lowest BCUT2D eigenvalue weighted by Crippen LogP contribution is -2.13. The molecular weight excluding hydrogens is 278 g/mol. The van der Waals surface area contributed by atoms with Crippen molar-refractivity contribution < 1.29 is 9.84 Å². The van der Waals surface area contributed by atoms with Gasteiger partial charge < -0.3 is 9.84 Å². The summed E-state index contributed by atoms with van der Waals surface area (Å²) >= 11 is 6.05. The van der Waals surface area contributed by atoms with E-state index in [1.54, 1.807) is 16.8 Å². The maximum Gasteiger partial charge on any atom is 0.138 e. The highest BCUT2D eigenvalue weighted by atomic mass is 35.5. The molecule has 1 heterocycles. The summed E-state index contributed by atoms with van der Waals surface area (Å²) in [5.74, 6) is 1.04. The highest BCUT2D eigenvalue weighted by Crippen LogP contribution is 2.24. The van der Waals surface area contributed by atoms with Gasteiger partial charge in [0.15, 0.2) is 0 Å². The van der Waals surface area contributed by atoms with Crippen LogP contribution in [0.5, 0.6) is 5.75 Å². The third-order valence-electron chi connectivity index (χ3n) is 2.81. The zero-order chi connectivity index (χ0) is 14.5. The van der Waals surface area contributed by atoms with Crippen molar-refractivity contribution in [1.29, 1.82) is 0 Å². The van der Waals surface area contributed by atoms with Gasteiger partial charge in [-0.1, -0.05) is 42.8 Å². The molecule has 0 fully saturated rings. The van der Waals surface area contributed by atoms with E-state index in [1.807, 2.05) is 12.1 Å². The van der Waals surface area contributed by atoms with E-state index in [9.17, 15) is 5.11 Å². The Morgan fingerprint density at radius 1 is 1.35 bits per heavy atom. The summed E-state index contributed by atoms with van der Waals surface area (Å²) in [4.78, 5) is 0. The number of rotatable bonds is 6. The fourth-order valence-electron chi connectivity index (χ4n) is 1.85. The van der Waals surface area contributed by atoms with Gasteiger partial charge in [0.25, 0.3) is 0 Å². The topological polar surface area (TPSA) is 60.2 Å². The van der Waals surface area contributed by atoms with Crippen molar-refractivity contribution in [1.82, 2.24) is 15.0 Å². The van der Waals surface area contributed by atoms with E-state index in [4.69, 9.17) is 16.3 Å². The first-order chi connectivity index (χ1) is 9.61. The SMILES string of the molecule is CC(C)Cn1nnc(CO)c1COc1ccccc1Cl. The molecule has 2 rings (SSSR count). The van der Waals surface area contributed by atoms with Gasteiger partial charge in [-0.3, -0.25) is 0 Å². The minimum atomic E-state index is -0.153. The molecule has 0 atom stereocenters. The Kier molecular flexibility index (Phi) is 4.98. The van der Waals surface area contributed by atoms with Crippen molar-refractivity contribution in [3.05, 3.63) is 40.7 Å². The first-order valence-electron chi connectivity index (χ1n) is 6.51. The number of nitrogens with zero attached hydrogens (tertiary/aromatic N) is 3. The summed E-state index contributed by atoms with van der Waals surface area (Å²) < 4.78 is 7.47. The monoisotopic (exact) mass is 295 g/mol.